The van der Waals surface area contributed by atoms with Crippen LogP contribution in [0.1, 0.15) is 43.0 Å². The number of ether oxygens (including phenoxy) is 1. The van der Waals surface area contributed by atoms with Crippen molar-refractivity contribution in [1.29, 1.82) is 0 Å². The first-order valence-corrected chi connectivity index (χ1v) is 8.25. The van der Waals surface area contributed by atoms with E-state index < -0.39 is 11.6 Å². The number of H-pyrrole nitrogens is 1. The van der Waals surface area contributed by atoms with Gasteiger partial charge in [0.15, 0.2) is 0 Å². The zero-order valence-corrected chi connectivity index (χ0v) is 14.0. The van der Waals surface area contributed by atoms with E-state index in [1.165, 1.54) is 6.07 Å². The summed E-state index contributed by atoms with van der Waals surface area (Å²) in [6.45, 7) is 4.25. The Bertz CT molecular complexity index is 809. The van der Waals surface area contributed by atoms with Crippen molar-refractivity contribution in [3.63, 3.8) is 0 Å². The van der Waals surface area contributed by atoms with E-state index in [1.54, 1.807) is 6.07 Å². The largest absolute Gasteiger partial charge is 0.481 e. The predicted octanol–water partition coefficient (Wildman–Crippen LogP) is 4.21. The normalized spacial score (nSPS) is 20.6. The van der Waals surface area contributed by atoms with Crippen molar-refractivity contribution in [1.82, 2.24) is 4.98 Å². The second kappa shape index (κ2) is 6.40. The predicted molar refractivity (Wildman–Crippen MR) is 90.6 cm³/mol. The fraction of sp³-hybridized carbons (Fsp3) is 0.421. The van der Waals surface area contributed by atoms with Gasteiger partial charge in [-0.05, 0) is 50.3 Å². The Morgan fingerprint density at radius 3 is 3.00 bits per heavy atom. The molecular formula is C19H22FNO3. The van der Waals surface area contributed by atoms with Gasteiger partial charge in [0.2, 0.25) is 0 Å². The number of halogens is 1. The smallest absolute Gasteiger partial charge is 0.306 e. The first-order valence-electron chi connectivity index (χ1n) is 8.25. The third kappa shape index (κ3) is 2.73. The zero-order valence-electron chi connectivity index (χ0n) is 14.0. The standard InChI is InChI=1S/C19H22FNO3/c1-3-4-5-9-19(11-15(22)23)18-13(8-10-24-19)16-14(20)7-6-12(2)17(16)21-18/h3-4,6-7,21H,5,8-11H2,1-2H3,(H,22,23)/b4-3+. The van der Waals surface area contributed by atoms with E-state index in [9.17, 15) is 14.3 Å². The molecule has 1 unspecified atom stereocenters. The molecule has 0 fully saturated rings. The molecule has 0 aliphatic carbocycles. The summed E-state index contributed by atoms with van der Waals surface area (Å²) >= 11 is 0. The molecule has 0 saturated carbocycles. The Morgan fingerprint density at radius 2 is 2.29 bits per heavy atom. The third-order valence-electron chi connectivity index (χ3n) is 4.79. The number of carboxylic acids is 1. The van der Waals surface area contributed by atoms with E-state index in [-0.39, 0.29) is 12.2 Å². The molecule has 4 nitrogen and oxygen atoms in total. The van der Waals surface area contributed by atoms with E-state index in [0.717, 1.165) is 22.3 Å². The molecule has 2 N–H and O–H groups in total. The maximum Gasteiger partial charge on any atom is 0.306 e. The van der Waals surface area contributed by atoms with Crippen molar-refractivity contribution in [2.75, 3.05) is 6.61 Å². The highest BCUT2D eigenvalue weighted by Crippen LogP contribution is 2.43. The van der Waals surface area contributed by atoms with Gasteiger partial charge in [-0.3, -0.25) is 4.79 Å². The van der Waals surface area contributed by atoms with Crippen LogP contribution in [0.25, 0.3) is 10.9 Å². The van der Waals surface area contributed by atoms with Crippen LogP contribution in [0.4, 0.5) is 4.39 Å². The average Bonchev–Trinajstić information content (AvgIpc) is 2.93. The van der Waals surface area contributed by atoms with Gasteiger partial charge in [-0.1, -0.05) is 18.2 Å². The number of aromatic nitrogens is 1. The molecule has 1 aromatic carbocycles. The van der Waals surface area contributed by atoms with E-state index >= 15 is 0 Å². The molecule has 24 heavy (non-hydrogen) atoms. The van der Waals surface area contributed by atoms with Gasteiger partial charge in [0.05, 0.1) is 24.2 Å². The number of allylic oxidation sites excluding steroid dienone is 2. The topological polar surface area (TPSA) is 62.3 Å². The van der Waals surface area contributed by atoms with Crippen LogP contribution in [-0.4, -0.2) is 22.7 Å². The van der Waals surface area contributed by atoms with Crippen molar-refractivity contribution in [3.8, 4) is 0 Å². The minimum atomic E-state index is -0.934. The fourth-order valence-corrected chi connectivity index (χ4v) is 3.67. The van der Waals surface area contributed by atoms with Gasteiger partial charge in [0.1, 0.15) is 11.4 Å². The molecule has 2 heterocycles. The Morgan fingerprint density at radius 1 is 1.50 bits per heavy atom. The summed E-state index contributed by atoms with van der Waals surface area (Å²) in [5.74, 6) is -1.19. The summed E-state index contributed by atoms with van der Waals surface area (Å²) in [4.78, 5) is 14.8. The second-order valence-corrected chi connectivity index (χ2v) is 6.36. The summed E-state index contributed by atoms with van der Waals surface area (Å²) in [6, 6.07) is 3.21. The molecule has 1 aromatic heterocycles. The van der Waals surface area contributed by atoms with Crippen LogP contribution in [0, 0.1) is 12.7 Å². The van der Waals surface area contributed by atoms with Gasteiger partial charge in [-0.2, -0.15) is 0 Å². The lowest BCUT2D eigenvalue weighted by Gasteiger charge is -2.36. The minimum Gasteiger partial charge on any atom is -0.481 e. The molecule has 2 aromatic rings. The molecule has 0 amide bonds. The molecular weight excluding hydrogens is 309 g/mol. The number of aromatic amines is 1. The van der Waals surface area contributed by atoms with E-state index in [2.05, 4.69) is 4.98 Å². The lowest BCUT2D eigenvalue weighted by molar-refractivity contribution is -0.149. The van der Waals surface area contributed by atoms with Gasteiger partial charge in [0, 0.05) is 5.39 Å². The van der Waals surface area contributed by atoms with Gasteiger partial charge < -0.3 is 14.8 Å². The summed E-state index contributed by atoms with van der Waals surface area (Å²) in [5.41, 5.74) is 2.34. The van der Waals surface area contributed by atoms with E-state index in [4.69, 9.17) is 4.74 Å². The molecule has 0 saturated heterocycles. The quantitative estimate of drug-likeness (QED) is 0.807. The van der Waals surface area contributed by atoms with Crippen molar-refractivity contribution in [2.24, 2.45) is 0 Å². The summed E-state index contributed by atoms with van der Waals surface area (Å²) in [7, 11) is 0. The van der Waals surface area contributed by atoms with Crippen LogP contribution < -0.4 is 0 Å². The van der Waals surface area contributed by atoms with Crippen LogP contribution in [0.5, 0.6) is 0 Å². The molecule has 1 aliphatic heterocycles. The number of aryl methyl sites for hydroxylation is 1. The number of aliphatic carboxylic acids is 1. The van der Waals surface area contributed by atoms with Crippen LogP contribution in [0.2, 0.25) is 0 Å². The Labute approximate surface area is 140 Å². The summed E-state index contributed by atoms with van der Waals surface area (Å²) in [6.07, 6.45) is 5.64. The summed E-state index contributed by atoms with van der Waals surface area (Å²) < 4.78 is 20.4. The lowest BCUT2D eigenvalue weighted by Crippen LogP contribution is -2.38. The van der Waals surface area contributed by atoms with Gasteiger partial charge in [0.25, 0.3) is 0 Å². The highest BCUT2D eigenvalue weighted by Gasteiger charge is 2.42. The molecule has 1 atom stereocenters. The van der Waals surface area contributed by atoms with Crippen LogP contribution >= 0.6 is 0 Å². The molecule has 0 radical (unpaired) electrons. The number of carboxylic acid groups (broad SMARTS) is 1. The maximum absolute atomic E-state index is 14.4. The van der Waals surface area contributed by atoms with Crippen molar-refractivity contribution in [2.45, 2.75) is 45.1 Å². The fourth-order valence-electron chi connectivity index (χ4n) is 3.67. The molecule has 1 aliphatic rings. The minimum absolute atomic E-state index is 0.134. The Balaban J connectivity index is 2.19. The highest BCUT2D eigenvalue weighted by atomic mass is 19.1. The monoisotopic (exact) mass is 331 g/mol. The van der Waals surface area contributed by atoms with Crippen LogP contribution in [0.15, 0.2) is 24.3 Å². The SMILES string of the molecule is C/C=C/CCC1(CC(=O)O)OCCc2c1[nH]c1c(C)ccc(F)c21. The van der Waals surface area contributed by atoms with Gasteiger partial charge >= 0.3 is 5.97 Å². The van der Waals surface area contributed by atoms with Crippen molar-refractivity contribution < 1.29 is 19.0 Å². The van der Waals surface area contributed by atoms with E-state index in [1.807, 2.05) is 26.0 Å². The number of rotatable bonds is 5. The van der Waals surface area contributed by atoms with Gasteiger partial charge in [-0.15, -0.1) is 0 Å². The maximum atomic E-state index is 14.4. The third-order valence-corrected chi connectivity index (χ3v) is 4.79. The zero-order chi connectivity index (χ0) is 17.3. The number of nitrogens with one attached hydrogen (secondary N) is 1. The number of carbonyl (C=O) groups is 1. The molecule has 5 heteroatoms. The molecule has 0 spiro atoms. The van der Waals surface area contributed by atoms with Crippen LogP contribution in [-0.2, 0) is 21.6 Å². The highest BCUT2D eigenvalue weighted by molar-refractivity contribution is 5.88. The molecule has 128 valence electrons. The molecule has 3 rings (SSSR count). The Kier molecular flexibility index (Phi) is 4.45. The molecule has 0 bridgehead atoms. The Hall–Kier alpha value is -2.14. The first-order chi connectivity index (χ1) is 11.5. The van der Waals surface area contributed by atoms with Crippen LogP contribution in [0.3, 0.4) is 0 Å². The van der Waals surface area contributed by atoms with Crippen molar-refractivity contribution >= 4 is 16.9 Å². The van der Waals surface area contributed by atoms with Gasteiger partial charge in [-0.25, -0.2) is 4.39 Å². The second-order valence-electron chi connectivity index (χ2n) is 6.36. The van der Waals surface area contributed by atoms with Crippen molar-refractivity contribution in [3.05, 3.63) is 46.9 Å². The average molecular weight is 331 g/mol. The lowest BCUT2D eigenvalue weighted by atomic mass is 9.84. The number of fused-ring (bicyclic) bond motifs is 3. The number of hydrogen-bond donors (Lipinski definition) is 2. The summed E-state index contributed by atoms with van der Waals surface area (Å²) in [5, 5.41) is 9.99. The number of benzene rings is 1. The number of hydrogen-bond acceptors (Lipinski definition) is 2. The van der Waals surface area contributed by atoms with E-state index in [0.29, 0.717) is 31.3 Å². The first kappa shape index (κ1) is 16.7.